The predicted octanol–water partition coefficient (Wildman–Crippen LogP) is -0.489. The fraction of sp³-hybridized carbons (Fsp3) is 0. The summed E-state index contributed by atoms with van der Waals surface area (Å²) in [5, 5.41) is 3.18. The molecule has 4 heteroatoms. The van der Waals surface area contributed by atoms with Gasteiger partial charge in [-0.05, 0) is 0 Å². The molecule has 0 aromatic heterocycles. The fourth-order valence-electron chi connectivity index (χ4n) is 0.124. The van der Waals surface area contributed by atoms with Gasteiger partial charge in [-0.15, -0.1) is 0 Å². The van der Waals surface area contributed by atoms with Gasteiger partial charge in [0, 0.05) is 0 Å². The highest BCUT2D eigenvalue weighted by molar-refractivity contribution is 6.22. The Morgan fingerprint density at radius 3 is 3.00 bits per heavy atom. The molecule has 0 unspecified atom stereocenters. The molecule has 1 rings (SSSR count). The number of oxime groups is 1. The summed E-state index contributed by atoms with van der Waals surface area (Å²) < 4.78 is 8.47. The highest BCUT2D eigenvalue weighted by Gasteiger charge is 1.96. The van der Waals surface area contributed by atoms with Gasteiger partial charge in [0.1, 0.15) is 0 Å². The van der Waals surface area contributed by atoms with Crippen molar-refractivity contribution in [3.63, 3.8) is 0 Å². The van der Waals surface area contributed by atoms with Gasteiger partial charge in [0.15, 0.2) is 6.40 Å². The van der Waals surface area contributed by atoms with Crippen LogP contribution in [0, 0.1) is 0 Å². The van der Waals surface area contributed by atoms with Crippen molar-refractivity contribution in [1.29, 1.82) is 0 Å². The summed E-state index contributed by atoms with van der Waals surface area (Å²) in [4.78, 5) is 0. The fourth-order valence-corrected chi connectivity index (χ4v) is 0.124. The average Bonchev–Trinajstić information content (AvgIpc) is 1.76. The molecule has 3 nitrogen and oxygen atoms in total. The Labute approximate surface area is 29.9 Å². The zero-order valence-electron chi connectivity index (χ0n) is 2.42. The second-order valence-electron chi connectivity index (χ2n) is 0.549. The first kappa shape index (κ1) is 2.57. The molecular formula is CHBNO2. The number of rotatable bonds is 0. The molecule has 1 heterocycles. The van der Waals surface area contributed by atoms with Crippen molar-refractivity contribution in [2.24, 2.45) is 5.16 Å². The van der Waals surface area contributed by atoms with Crippen molar-refractivity contribution in [2.45, 2.75) is 0 Å². The molecule has 1 aliphatic rings. The van der Waals surface area contributed by atoms with E-state index in [-0.39, 0.29) is 0 Å². The highest BCUT2D eigenvalue weighted by Crippen LogP contribution is 1.78. The number of hydrogen-bond donors (Lipinski definition) is 0. The molecule has 1 aliphatic heterocycles. The molecule has 0 atom stereocenters. The first-order valence-corrected chi connectivity index (χ1v) is 1.15. The maximum absolute atomic E-state index is 4.31. The van der Waals surface area contributed by atoms with Crippen LogP contribution in [0.2, 0.25) is 0 Å². The van der Waals surface area contributed by atoms with Crippen molar-refractivity contribution in [3.05, 3.63) is 0 Å². The molecule has 25 valence electrons. The van der Waals surface area contributed by atoms with Crippen LogP contribution in [0.3, 0.4) is 0 Å². The van der Waals surface area contributed by atoms with Crippen LogP contribution in [0.25, 0.3) is 0 Å². The molecule has 0 saturated heterocycles. The van der Waals surface area contributed by atoms with E-state index in [1.54, 1.807) is 0 Å². The van der Waals surface area contributed by atoms with E-state index in [0.29, 0.717) is 0 Å². The Balaban J connectivity index is 2.32. The predicted molar refractivity (Wildman–Crippen MR) is 16.4 cm³/mol. The summed E-state index contributed by atoms with van der Waals surface area (Å²) >= 11 is 0. The van der Waals surface area contributed by atoms with Gasteiger partial charge < -0.3 is 9.41 Å². The minimum atomic E-state index is 1.14. The van der Waals surface area contributed by atoms with Crippen LogP contribution in [0.15, 0.2) is 5.16 Å². The smallest absolute Gasteiger partial charge is 0.515 e. The van der Waals surface area contributed by atoms with E-state index < -0.39 is 0 Å². The van der Waals surface area contributed by atoms with Crippen LogP contribution in [-0.4, -0.2) is 14.1 Å². The maximum Gasteiger partial charge on any atom is 0.682 e. The average molecular weight is 69.8 g/mol. The topological polar surface area (TPSA) is 30.8 Å². The number of nitrogens with zero attached hydrogens (tertiary/aromatic N) is 1. The molecule has 0 saturated carbocycles. The Morgan fingerprint density at radius 1 is 1.80 bits per heavy atom. The molecule has 0 aromatic rings. The lowest BCUT2D eigenvalue weighted by Crippen LogP contribution is -1.85. The third-order valence-electron chi connectivity index (χ3n) is 0.263. The summed E-state index contributed by atoms with van der Waals surface area (Å²) in [5.74, 6) is 0. The minimum Gasteiger partial charge on any atom is -0.515 e. The van der Waals surface area contributed by atoms with Crippen LogP contribution < -0.4 is 0 Å². The van der Waals surface area contributed by atoms with Gasteiger partial charge in [-0.2, -0.15) is 0 Å². The van der Waals surface area contributed by atoms with E-state index in [2.05, 4.69) is 14.6 Å². The molecule has 5 heavy (non-hydrogen) atoms. The lowest BCUT2D eigenvalue weighted by molar-refractivity contribution is 0.355. The van der Waals surface area contributed by atoms with Gasteiger partial charge in [-0.1, -0.05) is 5.16 Å². The number of hydrogen-bond acceptors (Lipinski definition) is 3. The standard InChI is InChI=1S/CHBNO2/c1-3-5-2-4-1/h1H. The van der Waals surface area contributed by atoms with Crippen molar-refractivity contribution < 1.29 is 9.41 Å². The SMILES string of the molecule is [B]1OC=NO1. The molecule has 0 bridgehead atoms. The van der Waals surface area contributed by atoms with E-state index in [1.807, 2.05) is 0 Å². The third kappa shape index (κ3) is 0.316. The molecule has 0 aromatic carbocycles. The van der Waals surface area contributed by atoms with Gasteiger partial charge >= 0.3 is 7.69 Å². The largest absolute Gasteiger partial charge is 0.682 e. The van der Waals surface area contributed by atoms with Crippen LogP contribution in [-0.2, 0) is 9.41 Å². The zero-order chi connectivity index (χ0) is 3.54. The van der Waals surface area contributed by atoms with Crippen molar-refractivity contribution in [1.82, 2.24) is 0 Å². The molecule has 0 fully saturated rings. The van der Waals surface area contributed by atoms with E-state index in [9.17, 15) is 0 Å². The molecule has 1 radical (unpaired) electrons. The van der Waals surface area contributed by atoms with E-state index in [1.165, 1.54) is 6.40 Å². The molecule has 0 amide bonds. The molecule has 0 N–H and O–H groups in total. The van der Waals surface area contributed by atoms with E-state index in [0.717, 1.165) is 7.69 Å². The summed E-state index contributed by atoms with van der Waals surface area (Å²) in [7, 11) is 1.14. The Morgan fingerprint density at radius 2 is 2.80 bits per heavy atom. The van der Waals surface area contributed by atoms with Gasteiger partial charge in [-0.25, -0.2) is 0 Å². The highest BCUT2D eigenvalue weighted by atomic mass is 16.7. The van der Waals surface area contributed by atoms with Crippen LogP contribution >= 0.6 is 0 Å². The van der Waals surface area contributed by atoms with Gasteiger partial charge in [-0.3, -0.25) is 0 Å². The van der Waals surface area contributed by atoms with E-state index in [4.69, 9.17) is 0 Å². The van der Waals surface area contributed by atoms with Crippen LogP contribution in [0.5, 0.6) is 0 Å². The first-order valence-electron chi connectivity index (χ1n) is 1.15. The molecule has 0 spiro atoms. The van der Waals surface area contributed by atoms with Gasteiger partial charge in [0.05, 0.1) is 0 Å². The van der Waals surface area contributed by atoms with Crippen molar-refractivity contribution in [2.75, 3.05) is 0 Å². The Hall–Kier alpha value is -0.665. The minimum absolute atomic E-state index is 1.14. The zero-order valence-corrected chi connectivity index (χ0v) is 2.42. The van der Waals surface area contributed by atoms with Crippen molar-refractivity contribution >= 4 is 14.1 Å². The first-order chi connectivity index (χ1) is 2.50. The summed E-state index contributed by atoms with van der Waals surface area (Å²) in [6.07, 6.45) is 1.21. The Bertz CT molecular complexity index is 47.6. The maximum atomic E-state index is 4.31. The molecular weight excluding hydrogens is 68.8 g/mol. The normalized spacial score (nSPS) is 16.0. The summed E-state index contributed by atoms with van der Waals surface area (Å²) in [6, 6.07) is 0. The van der Waals surface area contributed by atoms with Crippen LogP contribution in [0.1, 0.15) is 0 Å². The van der Waals surface area contributed by atoms with Crippen LogP contribution in [0.4, 0.5) is 0 Å². The monoisotopic (exact) mass is 70.0 g/mol. The Kier molecular flexibility index (Phi) is 0.496. The van der Waals surface area contributed by atoms with Crippen molar-refractivity contribution in [3.8, 4) is 0 Å². The lowest BCUT2D eigenvalue weighted by Gasteiger charge is -1.71. The van der Waals surface area contributed by atoms with E-state index >= 15 is 0 Å². The lowest BCUT2D eigenvalue weighted by atomic mass is 10.4. The quantitative estimate of drug-likeness (QED) is 0.360. The second kappa shape index (κ2) is 0.968. The summed E-state index contributed by atoms with van der Waals surface area (Å²) in [6.45, 7) is 0. The third-order valence-corrected chi connectivity index (χ3v) is 0.263. The molecule has 0 aliphatic carbocycles. The van der Waals surface area contributed by atoms with Gasteiger partial charge in [0.2, 0.25) is 0 Å². The van der Waals surface area contributed by atoms with Gasteiger partial charge in [0.25, 0.3) is 0 Å². The summed E-state index contributed by atoms with van der Waals surface area (Å²) in [5.41, 5.74) is 0. The second-order valence-corrected chi connectivity index (χ2v) is 0.549.